The van der Waals surface area contributed by atoms with Crippen LogP contribution in [-0.2, 0) is 4.79 Å². The van der Waals surface area contributed by atoms with Crippen LogP contribution < -0.4 is 15.8 Å². The number of amides is 1. The second kappa shape index (κ2) is 7.86. The quantitative estimate of drug-likeness (QED) is 0.852. The molecule has 1 aromatic rings. The largest absolute Gasteiger partial charge is 0.494 e. The number of hydrogen-bond acceptors (Lipinski definition) is 3. The van der Waals surface area contributed by atoms with E-state index in [1.807, 2.05) is 0 Å². The summed E-state index contributed by atoms with van der Waals surface area (Å²) in [5, 5.41) is 2.64. The van der Waals surface area contributed by atoms with Crippen molar-refractivity contribution in [2.24, 2.45) is 5.73 Å². The van der Waals surface area contributed by atoms with Crippen LogP contribution in [0.25, 0.3) is 0 Å². The van der Waals surface area contributed by atoms with Crippen LogP contribution in [0.5, 0.6) is 5.75 Å². The van der Waals surface area contributed by atoms with E-state index >= 15 is 0 Å². The molecule has 0 aliphatic carbocycles. The molecule has 96 valence electrons. The van der Waals surface area contributed by atoms with Gasteiger partial charge in [0.05, 0.1) is 12.8 Å². The minimum Gasteiger partial charge on any atom is -0.494 e. The smallest absolute Gasteiger partial charge is 0.224 e. The molecule has 1 rings (SSSR count). The summed E-state index contributed by atoms with van der Waals surface area (Å²) in [5.41, 5.74) is 5.76. The van der Waals surface area contributed by atoms with Gasteiger partial charge in [0.25, 0.3) is 0 Å². The fourth-order valence-electron chi connectivity index (χ4n) is 1.24. The summed E-state index contributed by atoms with van der Waals surface area (Å²) in [5.74, 6) is -0.256. The zero-order chi connectivity index (χ0) is 12.0. The Morgan fingerprint density at radius 2 is 2.24 bits per heavy atom. The van der Waals surface area contributed by atoms with E-state index in [1.54, 1.807) is 0 Å². The molecule has 0 atom stereocenters. The molecule has 17 heavy (non-hydrogen) atoms. The number of nitrogens with one attached hydrogen (secondary N) is 1. The molecule has 0 aromatic heterocycles. The van der Waals surface area contributed by atoms with E-state index in [9.17, 15) is 9.18 Å². The Morgan fingerprint density at radius 3 is 2.82 bits per heavy atom. The van der Waals surface area contributed by atoms with Crippen molar-refractivity contribution in [1.82, 2.24) is 0 Å². The average Bonchev–Trinajstić information content (AvgIpc) is 2.28. The lowest BCUT2D eigenvalue weighted by atomic mass is 10.2. The van der Waals surface area contributed by atoms with Gasteiger partial charge in [-0.05, 0) is 25.1 Å². The number of methoxy groups -OCH3 is 1. The van der Waals surface area contributed by atoms with Crippen molar-refractivity contribution in [3.05, 3.63) is 24.0 Å². The van der Waals surface area contributed by atoms with Crippen LogP contribution >= 0.6 is 12.4 Å². The number of benzene rings is 1. The molecular weight excluding hydrogens is 247 g/mol. The molecule has 1 aromatic carbocycles. The van der Waals surface area contributed by atoms with Gasteiger partial charge >= 0.3 is 0 Å². The van der Waals surface area contributed by atoms with E-state index in [1.165, 1.54) is 25.3 Å². The highest BCUT2D eigenvalue weighted by Crippen LogP contribution is 2.24. The zero-order valence-corrected chi connectivity index (χ0v) is 10.3. The first-order valence-corrected chi connectivity index (χ1v) is 5.01. The van der Waals surface area contributed by atoms with Crippen LogP contribution in [0, 0.1) is 5.82 Å². The monoisotopic (exact) mass is 262 g/mol. The minimum atomic E-state index is -0.406. The SMILES string of the molecule is COc1cc(F)ccc1NC(=O)CCCN.Cl. The standard InChI is InChI=1S/C11H15FN2O2.ClH/c1-16-10-7-8(12)4-5-9(10)14-11(15)3-2-6-13;/h4-5,7H,2-3,6,13H2,1H3,(H,14,15);1H. The molecule has 0 heterocycles. The van der Waals surface area contributed by atoms with Crippen LogP contribution in [0.1, 0.15) is 12.8 Å². The number of ether oxygens (including phenoxy) is 1. The summed E-state index contributed by atoms with van der Waals surface area (Å²) in [4.78, 5) is 11.4. The number of nitrogens with two attached hydrogens (primary N) is 1. The summed E-state index contributed by atoms with van der Waals surface area (Å²) in [7, 11) is 1.42. The molecule has 0 fully saturated rings. The highest BCUT2D eigenvalue weighted by atomic mass is 35.5. The third-order valence-corrected chi connectivity index (χ3v) is 2.05. The Labute approximate surface area is 106 Å². The first-order chi connectivity index (χ1) is 7.67. The molecule has 0 unspecified atom stereocenters. The Kier molecular flexibility index (Phi) is 7.25. The molecule has 0 aliphatic heterocycles. The van der Waals surface area contributed by atoms with Crippen molar-refractivity contribution < 1.29 is 13.9 Å². The summed E-state index contributed by atoms with van der Waals surface area (Å²) in [6.45, 7) is 0.466. The Hall–Kier alpha value is -1.33. The second-order valence-corrected chi connectivity index (χ2v) is 3.29. The van der Waals surface area contributed by atoms with Gasteiger partial charge in [-0.2, -0.15) is 0 Å². The highest BCUT2D eigenvalue weighted by molar-refractivity contribution is 5.92. The molecule has 0 spiro atoms. The average molecular weight is 263 g/mol. The van der Waals surface area contributed by atoms with E-state index in [0.29, 0.717) is 30.8 Å². The molecule has 0 saturated heterocycles. The molecule has 0 saturated carbocycles. The van der Waals surface area contributed by atoms with Crippen molar-refractivity contribution >= 4 is 24.0 Å². The Balaban J connectivity index is 0.00000256. The number of rotatable bonds is 5. The van der Waals surface area contributed by atoms with Crippen LogP contribution in [0.4, 0.5) is 10.1 Å². The maximum absolute atomic E-state index is 12.9. The van der Waals surface area contributed by atoms with E-state index in [0.717, 1.165) is 0 Å². The van der Waals surface area contributed by atoms with Crippen LogP contribution in [-0.4, -0.2) is 19.6 Å². The first kappa shape index (κ1) is 15.7. The third kappa shape index (κ3) is 5.01. The number of carbonyl (C=O) groups excluding carboxylic acids is 1. The molecule has 1 amide bonds. The summed E-state index contributed by atoms with van der Waals surface area (Å²) in [6, 6.07) is 3.95. The van der Waals surface area contributed by atoms with Crippen molar-refractivity contribution in [3.63, 3.8) is 0 Å². The molecule has 4 nitrogen and oxygen atoms in total. The lowest BCUT2D eigenvalue weighted by Gasteiger charge is -2.09. The van der Waals surface area contributed by atoms with Gasteiger partial charge in [0.1, 0.15) is 11.6 Å². The lowest BCUT2D eigenvalue weighted by Crippen LogP contribution is -2.14. The summed E-state index contributed by atoms with van der Waals surface area (Å²) < 4.78 is 17.8. The van der Waals surface area contributed by atoms with Crippen LogP contribution in [0.15, 0.2) is 18.2 Å². The van der Waals surface area contributed by atoms with Crippen LogP contribution in [0.3, 0.4) is 0 Å². The number of halogens is 2. The Morgan fingerprint density at radius 1 is 1.53 bits per heavy atom. The van der Waals surface area contributed by atoms with E-state index in [-0.39, 0.29) is 18.3 Å². The maximum Gasteiger partial charge on any atom is 0.224 e. The fraction of sp³-hybridized carbons (Fsp3) is 0.364. The van der Waals surface area contributed by atoms with Crippen molar-refractivity contribution in [2.75, 3.05) is 19.0 Å². The second-order valence-electron chi connectivity index (χ2n) is 3.29. The number of hydrogen-bond donors (Lipinski definition) is 2. The van der Waals surface area contributed by atoms with Gasteiger partial charge in [0.2, 0.25) is 5.91 Å². The molecule has 3 N–H and O–H groups in total. The van der Waals surface area contributed by atoms with Gasteiger partial charge in [-0.1, -0.05) is 0 Å². The molecule has 0 radical (unpaired) electrons. The predicted octanol–water partition coefficient (Wildman–Crippen LogP) is 1.93. The molecule has 0 aliphatic rings. The van der Waals surface area contributed by atoms with E-state index < -0.39 is 5.82 Å². The fourth-order valence-corrected chi connectivity index (χ4v) is 1.24. The number of anilines is 1. The third-order valence-electron chi connectivity index (χ3n) is 2.05. The maximum atomic E-state index is 12.9. The van der Waals surface area contributed by atoms with E-state index in [4.69, 9.17) is 10.5 Å². The zero-order valence-electron chi connectivity index (χ0n) is 9.53. The molecular formula is C11H16ClFN2O2. The van der Waals surface area contributed by atoms with Gasteiger partial charge in [-0.3, -0.25) is 4.79 Å². The van der Waals surface area contributed by atoms with Crippen molar-refractivity contribution in [1.29, 1.82) is 0 Å². The van der Waals surface area contributed by atoms with Gasteiger partial charge in [0, 0.05) is 12.5 Å². The van der Waals surface area contributed by atoms with Gasteiger partial charge in [-0.25, -0.2) is 4.39 Å². The number of carbonyl (C=O) groups is 1. The Bertz CT molecular complexity index is 374. The van der Waals surface area contributed by atoms with Gasteiger partial charge in [0.15, 0.2) is 0 Å². The van der Waals surface area contributed by atoms with Crippen LogP contribution in [0.2, 0.25) is 0 Å². The first-order valence-electron chi connectivity index (χ1n) is 5.01. The van der Waals surface area contributed by atoms with E-state index in [2.05, 4.69) is 5.32 Å². The summed E-state index contributed by atoms with van der Waals surface area (Å²) in [6.07, 6.45) is 0.965. The molecule has 0 bridgehead atoms. The highest BCUT2D eigenvalue weighted by Gasteiger charge is 2.07. The lowest BCUT2D eigenvalue weighted by molar-refractivity contribution is -0.116. The van der Waals surface area contributed by atoms with Gasteiger partial charge < -0.3 is 15.8 Å². The van der Waals surface area contributed by atoms with Crippen molar-refractivity contribution in [3.8, 4) is 5.75 Å². The topological polar surface area (TPSA) is 64.3 Å². The van der Waals surface area contributed by atoms with Crippen molar-refractivity contribution in [2.45, 2.75) is 12.8 Å². The predicted molar refractivity (Wildman–Crippen MR) is 67.1 cm³/mol. The molecule has 6 heteroatoms. The van der Waals surface area contributed by atoms with Gasteiger partial charge in [-0.15, -0.1) is 12.4 Å². The summed E-state index contributed by atoms with van der Waals surface area (Å²) >= 11 is 0. The normalized spacial score (nSPS) is 9.35. The minimum absolute atomic E-state index is 0.